The zero-order valence-corrected chi connectivity index (χ0v) is 12.6. The van der Waals surface area contributed by atoms with E-state index in [4.69, 9.17) is 5.73 Å². The Morgan fingerprint density at radius 1 is 1.62 bits per heavy atom. The van der Waals surface area contributed by atoms with Crippen molar-refractivity contribution in [1.29, 1.82) is 0 Å². The quantitative estimate of drug-likeness (QED) is 0.925. The molecule has 0 amide bonds. The fourth-order valence-electron chi connectivity index (χ4n) is 2.05. The van der Waals surface area contributed by atoms with Crippen molar-refractivity contribution in [2.45, 2.75) is 18.5 Å². The minimum Gasteiger partial charge on any atom is -0.329 e. The van der Waals surface area contributed by atoms with Crippen LogP contribution in [0.2, 0.25) is 0 Å². The van der Waals surface area contributed by atoms with Crippen LogP contribution in [-0.2, 0) is 6.54 Å². The van der Waals surface area contributed by atoms with Crippen molar-refractivity contribution in [2.24, 2.45) is 5.73 Å². The van der Waals surface area contributed by atoms with Gasteiger partial charge in [0.25, 0.3) is 0 Å². The molecule has 0 aliphatic carbocycles. The van der Waals surface area contributed by atoms with Gasteiger partial charge in [0.05, 0.1) is 0 Å². The van der Waals surface area contributed by atoms with Crippen LogP contribution in [0.25, 0.3) is 0 Å². The lowest BCUT2D eigenvalue weighted by atomic mass is 9.97. The van der Waals surface area contributed by atoms with Crippen molar-refractivity contribution in [1.82, 2.24) is 4.90 Å². The molecule has 1 unspecified atom stereocenters. The van der Waals surface area contributed by atoms with Gasteiger partial charge in [-0.3, -0.25) is 4.90 Å². The van der Waals surface area contributed by atoms with E-state index in [1.807, 2.05) is 23.1 Å². The van der Waals surface area contributed by atoms with Crippen molar-refractivity contribution < 1.29 is 0 Å². The molecule has 1 aliphatic rings. The van der Waals surface area contributed by atoms with Gasteiger partial charge in [0.1, 0.15) is 0 Å². The third-order valence-electron chi connectivity index (χ3n) is 3.29. The summed E-state index contributed by atoms with van der Waals surface area (Å²) >= 11 is 7.33. The molecule has 1 fully saturated rings. The Bertz CT molecular complexity index is 348. The summed E-state index contributed by atoms with van der Waals surface area (Å²) in [6.45, 7) is 1.77. The molecule has 2 heterocycles. The van der Waals surface area contributed by atoms with Crippen LogP contribution in [0.3, 0.4) is 0 Å². The highest BCUT2D eigenvalue weighted by atomic mass is 79.9. The van der Waals surface area contributed by atoms with Gasteiger partial charge < -0.3 is 5.73 Å². The number of nitrogens with two attached hydrogens (primary N) is 1. The molecule has 16 heavy (non-hydrogen) atoms. The van der Waals surface area contributed by atoms with Gasteiger partial charge in [-0.15, -0.1) is 11.3 Å². The topological polar surface area (TPSA) is 29.3 Å². The van der Waals surface area contributed by atoms with Gasteiger partial charge in [0.2, 0.25) is 0 Å². The van der Waals surface area contributed by atoms with Crippen LogP contribution in [-0.4, -0.2) is 35.5 Å². The lowest BCUT2D eigenvalue weighted by Crippen LogP contribution is -2.51. The zero-order valence-electron chi connectivity index (χ0n) is 9.41. The van der Waals surface area contributed by atoms with Crippen molar-refractivity contribution in [3.63, 3.8) is 0 Å². The lowest BCUT2D eigenvalue weighted by Gasteiger charge is -2.37. The molecule has 1 atom stereocenters. The van der Waals surface area contributed by atoms with Gasteiger partial charge in [-0.2, -0.15) is 11.8 Å². The Labute approximate surface area is 114 Å². The number of likely N-dealkylation sites (N-methyl/N-ethyl adjacent to an activating group) is 1. The Kier molecular flexibility index (Phi) is 4.35. The highest BCUT2D eigenvalue weighted by Crippen LogP contribution is 2.33. The van der Waals surface area contributed by atoms with Crippen molar-refractivity contribution in [3.05, 3.63) is 20.8 Å². The first-order chi connectivity index (χ1) is 7.66. The number of thiophene rings is 1. The van der Waals surface area contributed by atoms with E-state index in [2.05, 4.69) is 39.3 Å². The SMILES string of the molecule is CN(Cc1cc(Br)cs1)C1(CN)CCSC1. The lowest BCUT2D eigenvalue weighted by molar-refractivity contribution is 0.145. The van der Waals surface area contributed by atoms with E-state index in [0.29, 0.717) is 0 Å². The second-order valence-electron chi connectivity index (χ2n) is 4.32. The summed E-state index contributed by atoms with van der Waals surface area (Å²) in [7, 11) is 2.20. The summed E-state index contributed by atoms with van der Waals surface area (Å²) < 4.78 is 1.18. The van der Waals surface area contributed by atoms with Crippen LogP contribution in [0.4, 0.5) is 0 Å². The van der Waals surface area contributed by atoms with Gasteiger partial charge in [-0.05, 0) is 41.2 Å². The second-order valence-corrected chi connectivity index (χ2v) is 7.33. The summed E-state index contributed by atoms with van der Waals surface area (Å²) in [5, 5.41) is 2.14. The Balaban J connectivity index is 2.03. The fraction of sp³-hybridized carbons (Fsp3) is 0.636. The average molecular weight is 321 g/mol. The van der Waals surface area contributed by atoms with Crippen LogP contribution in [0.15, 0.2) is 15.9 Å². The molecule has 0 aromatic carbocycles. The third-order valence-corrected chi connectivity index (χ3v) is 6.20. The van der Waals surface area contributed by atoms with Gasteiger partial charge in [0.15, 0.2) is 0 Å². The van der Waals surface area contributed by atoms with Crippen LogP contribution >= 0.6 is 39.0 Å². The molecule has 1 aromatic rings. The summed E-state index contributed by atoms with van der Waals surface area (Å²) in [6, 6.07) is 2.20. The molecular formula is C11H17BrN2S2. The molecule has 1 aromatic heterocycles. The third kappa shape index (κ3) is 2.64. The smallest absolute Gasteiger partial charge is 0.0430 e. The van der Waals surface area contributed by atoms with Crippen molar-refractivity contribution >= 4 is 39.0 Å². The number of halogens is 1. The van der Waals surface area contributed by atoms with E-state index in [1.165, 1.54) is 27.3 Å². The summed E-state index contributed by atoms with van der Waals surface area (Å²) in [6.07, 6.45) is 1.22. The molecule has 5 heteroatoms. The number of thioether (sulfide) groups is 1. The Hall–Kier alpha value is 0.450. The van der Waals surface area contributed by atoms with E-state index in [-0.39, 0.29) is 5.54 Å². The van der Waals surface area contributed by atoms with Crippen LogP contribution < -0.4 is 5.73 Å². The second kappa shape index (κ2) is 5.40. The minimum absolute atomic E-state index is 0.223. The van der Waals surface area contributed by atoms with Gasteiger partial charge >= 0.3 is 0 Å². The number of hydrogen-bond acceptors (Lipinski definition) is 4. The van der Waals surface area contributed by atoms with Crippen LogP contribution in [0.1, 0.15) is 11.3 Å². The Morgan fingerprint density at radius 3 is 2.94 bits per heavy atom. The molecule has 0 radical (unpaired) electrons. The van der Waals surface area contributed by atoms with E-state index < -0.39 is 0 Å². The van der Waals surface area contributed by atoms with Crippen LogP contribution in [0.5, 0.6) is 0 Å². The van der Waals surface area contributed by atoms with E-state index >= 15 is 0 Å². The molecule has 1 aliphatic heterocycles. The average Bonchev–Trinajstić information content (AvgIpc) is 2.88. The molecule has 0 spiro atoms. The van der Waals surface area contributed by atoms with E-state index in [0.717, 1.165) is 13.1 Å². The van der Waals surface area contributed by atoms with Gasteiger partial charge in [-0.25, -0.2) is 0 Å². The monoisotopic (exact) mass is 320 g/mol. The maximum atomic E-state index is 5.97. The molecular weight excluding hydrogens is 304 g/mol. The fourth-order valence-corrected chi connectivity index (χ4v) is 5.09. The van der Waals surface area contributed by atoms with Gasteiger partial charge in [0, 0.05) is 39.1 Å². The van der Waals surface area contributed by atoms with Gasteiger partial charge in [-0.1, -0.05) is 0 Å². The predicted molar refractivity (Wildman–Crippen MR) is 77.2 cm³/mol. The summed E-state index contributed by atoms with van der Waals surface area (Å²) in [4.78, 5) is 3.84. The Morgan fingerprint density at radius 2 is 2.44 bits per heavy atom. The first kappa shape index (κ1) is 12.9. The van der Waals surface area contributed by atoms with Crippen molar-refractivity contribution in [2.75, 3.05) is 25.1 Å². The van der Waals surface area contributed by atoms with Crippen LogP contribution in [0, 0.1) is 0 Å². The molecule has 0 bridgehead atoms. The molecule has 2 rings (SSSR count). The number of rotatable bonds is 4. The molecule has 2 nitrogen and oxygen atoms in total. The molecule has 1 saturated heterocycles. The molecule has 2 N–H and O–H groups in total. The minimum atomic E-state index is 0.223. The largest absolute Gasteiger partial charge is 0.329 e. The number of nitrogens with zero attached hydrogens (tertiary/aromatic N) is 1. The zero-order chi connectivity index (χ0) is 11.6. The summed E-state index contributed by atoms with van der Waals surface area (Å²) in [5.41, 5.74) is 6.19. The summed E-state index contributed by atoms with van der Waals surface area (Å²) in [5.74, 6) is 2.42. The first-order valence-corrected chi connectivity index (χ1v) is 8.21. The normalized spacial score (nSPS) is 25.5. The maximum Gasteiger partial charge on any atom is 0.0430 e. The molecule has 0 saturated carbocycles. The van der Waals surface area contributed by atoms with E-state index in [9.17, 15) is 0 Å². The van der Waals surface area contributed by atoms with Crippen molar-refractivity contribution in [3.8, 4) is 0 Å². The highest BCUT2D eigenvalue weighted by molar-refractivity contribution is 9.10. The molecule has 90 valence electrons. The van der Waals surface area contributed by atoms with E-state index in [1.54, 1.807) is 0 Å². The number of hydrogen-bond donors (Lipinski definition) is 1. The highest BCUT2D eigenvalue weighted by Gasteiger charge is 2.36. The first-order valence-electron chi connectivity index (χ1n) is 5.38. The maximum absolute atomic E-state index is 5.97. The predicted octanol–water partition coefficient (Wildman–Crippen LogP) is 2.78. The standard InChI is InChI=1S/C11H17BrN2S2/c1-14(5-10-4-9(12)6-16-10)11(7-13)2-3-15-8-11/h4,6H,2-3,5,7-8,13H2,1H3.